The molecule has 1 aliphatic heterocycles. The van der Waals surface area contributed by atoms with E-state index in [0.717, 1.165) is 0 Å². The van der Waals surface area contributed by atoms with E-state index >= 15 is 0 Å². The molecule has 1 aliphatic rings. The van der Waals surface area contributed by atoms with Crippen LogP contribution in [0.3, 0.4) is 0 Å². The molecule has 1 heterocycles. The summed E-state index contributed by atoms with van der Waals surface area (Å²) in [5.41, 5.74) is 5.14. The largest absolute Gasteiger partial charge is 0.394 e. The van der Waals surface area contributed by atoms with Crippen molar-refractivity contribution in [3.8, 4) is 0 Å². The van der Waals surface area contributed by atoms with Crippen molar-refractivity contribution >= 4 is 11.9 Å². The summed E-state index contributed by atoms with van der Waals surface area (Å²) in [4.78, 5) is 25.3. The molecular formula is C13H25N3O4. The van der Waals surface area contributed by atoms with E-state index in [2.05, 4.69) is 5.32 Å². The zero-order valence-electron chi connectivity index (χ0n) is 12.3. The summed E-state index contributed by atoms with van der Waals surface area (Å²) in [5.74, 6) is 0.0764. The van der Waals surface area contributed by atoms with Crippen molar-refractivity contribution in [2.75, 3.05) is 19.8 Å². The van der Waals surface area contributed by atoms with Gasteiger partial charge < -0.3 is 25.8 Å². The van der Waals surface area contributed by atoms with E-state index in [0.29, 0.717) is 19.6 Å². The number of aliphatic hydroxyl groups excluding tert-OH is 1. The second kappa shape index (κ2) is 7.44. The number of nitrogens with two attached hydrogens (primary N) is 1. The fourth-order valence-corrected chi connectivity index (χ4v) is 2.30. The second-order valence-corrected chi connectivity index (χ2v) is 5.67. The van der Waals surface area contributed by atoms with E-state index < -0.39 is 12.1 Å². The number of morpholine rings is 1. The van der Waals surface area contributed by atoms with Crippen LogP contribution in [0, 0.1) is 5.92 Å². The van der Waals surface area contributed by atoms with Crippen LogP contribution in [-0.2, 0) is 9.53 Å². The number of hydrogen-bond donors (Lipinski definition) is 3. The Morgan fingerprint density at radius 1 is 1.50 bits per heavy atom. The molecule has 7 heteroatoms. The number of hydrogen-bond acceptors (Lipinski definition) is 4. The fourth-order valence-electron chi connectivity index (χ4n) is 2.30. The lowest BCUT2D eigenvalue weighted by atomic mass is 10.0. The van der Waals surface area contributed by atoms with Gasteiger partial charge in [0.05, 0.1) is 25.4 Å². The van der Waals surface area contributed by atoms with Crippen molar-refractivity contribution in [1.82, 2.24) is 10.2 Å². The van der Waals surface area contributed by atoms with Gasteiger partial charge in [-0.1, -0.05) is 13.8 Å². The second-order valence-electron chi connectivity index (χ2n) is 5.67. The standard InChI is InChI=1S/C13H25N3O4/c1-8(2)4-11(15-13(14)19)12(18)16-5-10(6-17)20-7-9(16)3/h8-11,17H,4-7H2,1-3H3,(H3,14,15,19). The van der Waals surface area contributed by atoms with E-state index in [1.165, 1.54) is 0 Å². The molecular weight excluding hydrogens is 262 g/mol. The number of rotatable bonds is 5. The molecule has 3 atom stereocenters. The topological polar surface area (TPSA) is 105 Å². The average Bonchev–Trinajstić information content (AvgIpc) is 2.36. The maximum atomic E-state index is 12.6. The SMILES string of the molecule is CC(C)CC(NC(N)=O)C(=O)N1CC(CO)OCC1C. The smallest absolute Gasteiger partial charge is 0.312 e. The van der Waals surface area contributed by atoms with Gasteiger partial charge in [0, 0.05) is 6.54 Å². The Morgan fingerprint density at radius 2 is 2.15 bits per heavy atom. The van der Waals surface area contributed by atoms with E-state index in [9.17, 15) is 9.59 Å². The first-order valence-corrected chi connectivity index (χ1v) is 6.94. The third-order valence-corrected chi connectivity index (χ3v) is 3.31. The molecule has 20 heavy (non-hydrogen) atoms. The van der Waals surface area contributed by atoms with Gasteiger partial charge in [0.25, 0.3) is 0 Å². The first kappa shape index (κ1) is 16.7. The molecule has 1 fully saturated rings. The normalized spacial score (nSPS) is 24.6. The van der Waals surface area contributed by atoms with Gasteiger partial charge in [-0.15, -0.1) is 0 Å². The van der Waals surface area contributed by atoms with Crippen molar-refractivity contribution in [3.05, 3.63) is 0 Å². The van der Waals surface area contributed by atoms with E-state index in [4.69, 9.17) is 15.6 Å². The van der Waals surface area contributed by atoms with Crippen LogP contribution >= 0.6 is 0 Å². The third kappa shape index (κ3) is 4.64. The van der Waals surface area contributed by atoms with Crippen molar-refractivity contribution in [1.29, 1.82) is 0 Å². The van der Waals surface area contributed by atoms with Gasteiger partial charge in [-0.25, -0.2) is 4.79 Å². The summed E-state index contributed by atoms with van der Waals surface area (Å²) in [6.07, 6.45) is 0.152. The highest BCUT2D eigenvalue weighted by Gasteiger charge is 2.33. The summed E-state index contributed by atoms with van der Waals surface area (Å²) < 4.78 is 5.41. The lowest BCUT2D eigenvalue weighted by Gasteiger charge is -2.39. The van der Waals surface area contributed by atoms with Gasteiger partial charge in [0.2, 0.25) is 5.91 Å². The molecule has 0 aromatic heterocycles. The Hall–Kier alpha value is -1.34. The highest BCUT2D eigenvalue weighted by Crippen LogP contribution is 2.15. The third-order valence-electron chi connectivity index (χ3n) is 3.31. The molecule has 0 saturated carbocycles. The molecule has 0 aliphatic carbocycles. The van der Waals surface area contributed by atoms with Crippen LogP contribution in [-0.4, -0.2) is 59.9 Å². The number of primary amides is 1. The van der Waals surface area contributed by atoms with Crippen molar-refractivity contribution in [2.45, 2.75) is 45.4 Å². The summed E-state index contributed by atoms with van der Waals surface area (Å²) in [5, 5.41) is 11.7. The molecule has 4 N–H and O–H groups in total. The molecule has 1 rings (SSSR count). The maximum Gasteiger partial charge on any atom is 0.312 e. The van der Waals surface area contributed by atoms with Crippen molar-refractivity contribution in [3.63, 3.8) is 0 Å². The highest BCUT2D eigenvalue weighted by atomic mass is 16.5. The van der Waals surface area contributed by atoms with Gasteiger partial charge in [0.1, 0.15) is 6.04 Å². The Balaban J connectivity index is 2.77. The summed E-state index contributed by atoms with van der Waals surface area (Å²) in [7, 11) is 0. The Morgan fingerprint density at radius 3 is 2.65 bits per heavy atom. The van der Waals surface area contributed by atoms with Gasteiger partial charge in [0.15, 0.2) is 0 Å². The van der Waals surface area contributed by atoms with Crippen LogP contribution in [0.2, 0.25) is 0 Å². The van der Waals surface area contributed by atoms with Gasteiger partial charge in [-0.05, 0) is 19.3 Å². The Kier molecular flexibility index (Phi) is 6.22. The van der Waals surface area contributed by atoms with Gasteiger partial charge >= 0.3 is 6.03 Å². The molecule has 1 saturated heterocycles. The Labute approximate surface area is 119 Å². The number of aliphatic hydroxyl groups is 1. The van der Waals surface area contributed by atoms with Crippen LogP contribution in [0.25, 0.3) is 0 Å². The molecule has 3 amide bonds. The van der Waals surface area contributed by atoms with Crippen molar-refractivity contribution in [2.24, 2.45) is 11.7 Å². The number of nitrogens with zero attached hydrogens (tertiary/aromatic N) is 1. The quantitative estimate of drug-likeness (QED) is 0.644. The van der Waals surface area contributed by atoms with Crippen LogP contribution in [0.5, 0.6) is 0 Å². The fraction of sp³-hybridized carbons (Fsp3) is 0.846. The number of urea groups is 1. The number of ether oxygens (including phenoxy) is 1. The first-order valence-electron chi connectivity index (χ1n) is 6.94. The number of nitrogens with one attached hydrogen (secondary N) is 1. The molecule has 7 nitrogen and oxygen atoms in total. The molecule has 0 aromatic carbocycles. The Bertz CT molecular complexity index is 349. The number of amides is 3. The summed E-state index contributed by atoms with van der Waals surface area (Å²) in [6.45, 7) is 6.40. The zero-order chi connectivity index (χ0) is 15.3. The lowest BCUT2D eigenvalue weighted by molar-refractivity contribution is -0.148. The number of carbonyl (C=O) groups excluding carboxylic acids is 2. The minimum absolute atomic E-state index is 0.0883. The minimum atomic E-state index is -0.705. The molecule has 3 unspecified atom stereocenters. The lowest BCUT2D eigenvalue weighted by Crippen LogP contribution is -2.58. The predicted molar refractivity (Wildman–Crippen MR) is 74.0 cm³/mol. The predicted octanol–water partition coefficient (Wildman–Crippen LogP) is -0.322. The van der Waals surface area contributed by atoms with Crippen LogP contribution < -0.4 is 11.1 Å². The molecule has 0 bridgehead atoms. The number of carbonyl (C=O) groups is 2. The van der Waals surface area contributed by atoms with Crippen molar-refractivity contribution < 1.29 is 19.4 Å². The van der Waals surface area contributed by atoms with E-state index in [-0.39, 0.29) is 30.6 Å². The van der Waals surface area contributed by atoms with Gasteiger partial charge in [-0.2, -0.15) is 0 Å². The summed E-state index contributed by atoms with van der Waals surface area (Å²) in [6, 6.07) is -1.43. The summed E-state index contributed by atoms with van der Waals surface area (Å²) >= 11 is 0. The van der Waals surface area contributed by atoms with E-state index in [1.54, 1.807) is 4.90 Å². The molecule has 0 spiro atoms. The van der Waals surface area contributed by atoms with Crippen LogP contribution in [0.4, 0.5) is 4.79 Å². The average molecular weight is 287 g/mol. The maximum absolute atomic E-state index is 12.6. The van der Waals surface area contributed by atoms with Gasteiger partial charge in [-0.3, -0.25) is 4.79 Å². The van der Waals surface area contributed by atoms with Crippen LogP contribution in [0.1, 0.15) is 27.2 Å². The molecule has 0 radical (unpaired) electrons. The monoisotopic (exact) mass is 287 g/mol. The van der Waals surface area contributed by atoms with E-state index in [1.807, 2.05) is 20.8 Å². The first-order chi connectivity index (χ1) is 9.35. The minimum Gasteiger partial charge on any atom is -0.394 e. The zero-order valence-corrected chi connectivity index (χ0v) is 12.3. The highest BCUT2D eigenvalue weighted by molar-refractivity contribution is 5.86. The molecule has 0 aromatic rings. The van der Waals surface area contributed by atoms with Crippen LogP contribution in [0.15, 0.2) is 0 Å². The molecule has 116 valence electrons.